The first-order chi connectivity index (χ1) is 16.0. The van der Waals surface area contributed by atoms with E-state index < -0.39 is 0 Å². The summed E-state index contributed by atoms with van der Waals surface area (Å²) < 4.78 is 22.0. The van der Waals surface area contributed by atoms with Crippen molar-refractivity contribution in [2.45, 2.75) is 32.1 Å². The molecule has 4 rings (SSSR count). The highest BCUT2D eigenvalue weighted by Gasteiger charge is 2.20. The number of carbonyl (C=O) groups is 1. The third kappa shape index (κ3) is 4.96. The molecule has 0 saturated heterocycles. The number of anilines is 1. The Labute approximate surface area is 193 Å². The summed E-state index contributed by atoms with van der Waals surface area (Å²) in [5.74, 6) is 0.525. The Hall–Kier alpha value is -3.91. The molecular formula is C22H20FN7O2S. The van der Waals surface area contributed by atoms with E-state index in [2.05, 4.69) is 26.9 Å². The topological polar surface area (TPSA) is 115 Å². The maximum atomic E-state index is 13.3. The lowest BCUT2D eigenvalue weighted by atomic mass is 10.2. The third-order valence-corrected chi connectivity index (χ3v) is 6.13. The molecule has 0 aliphatic heterocycles. The molecule has 0 radical (unpaired) electrons. The molecule has 0 saturated carbocycles. The largest absolute Gasteiger partial charge is 0.467 e. The smallest absolute Gasteiger partial charge is 0.235 e. The Bertz CT molecular complexity index is 1300. The second kappa shape index (κ2) is 9.70. The van der Waals surface area contributed by atoms with E-state index in [4.69, 9.17) is 4.42 Å². The van der Waals surface area contributed by atoms with Crippen LogP contribution in [0.3, 0.4) is 0 Å². The zero-order chi connectivity index (χ0) is 23.4. The molecule has 0 bridgehead atoms. The number of tetrazole rings is 1. The highest BCUT2D eigenvalue weighted by atomic mass is 32.2. The number of hydrogen-bond acceptors (Lipinski definition) is 7. The minimum atomic E-state index is -0.322. The Morgan fingerprint density at radius 3 is 2.73 bits per heavy atom. The first kappa shape index (κ1) is 22.3. The molecule has 9 nitrogen and oxygen atoms in total. The maximum Gasteiger partial charge on any atom is 0.235 e. The van der Waals surface area contributed by atoms with Crippen LogP contribution < -0.4 is 5.32 Å². The summed E-state index contributed by atoms with van der Waals surface area (Å²) in [5.41, 5.74) is 2.88. The molecule has 1 N–H and O–H groups in total. The fourth-order valence-corrected chi connectivity index (χ4v) is 4.02. The molecule has 3 heterocycles. The van der Waals surface area contributed by atoms with Crippen molar-refractivity contribution in [1.29, 1.82) is 5.26 Å². The molecule has 0 aliphatic rings. The van der Waals surface area contributed by atoms with Crippen LogP contribution in [0, 0.1) is 31.0 Å². The monoisotopic (exact) mass is 465 g/mol. The molecule has 168 valence electrons. The van der Waals surface area contributed by atoms with Gasteiger partial charge in [-0.3, -0.25) is 4.79 Å². The van der Waals surface area contributed by atoms with Crippen LogP contribution in [0.15, 0.2) is 52.2 Å². The fraction of sp³-hybridized carbons (Fsp3) is 0.227. The van der Waals surface area contributed by atoms with Gasteiger partial charge in [-0.25, -0.2) is 9.07 Å². The number of nitrogens with zero attached hydrogens (tertiary/aromatic N) is 6. The summed E-state index contributed by atoms with van der Waals surface area (Å²) in [6.45, 7) is 4.45. The third-order valence-electron chi connectivity index (χ3n) is 5.17. The van der Waals surface area contributed by atoms with Gasteiger partial charge in [-0.05, 0) is 59.7 Å². The molecule has 0 spiro atoms. The van der Waals surface area contributed by atoms with Crippen molar-refractivity contribution in [3.63, 3.8) is 0 Å². The number of carbonyl (C=O) groups excluding carboxylic acids is 1. The standard InChI is InChI=1S/C22H20FN7O2S/c1-14-15(2)29(11-16-5-7-17(23)8-6-16)21(19(14)10-24)25-20(31)13-33-22-26-27-28-30(22)12-18-4-3-9-32-18/h3-9H,11-13H2,1-2H3,(H,25,31). The number of benzene rings is 1. The zero-order valence-corrected chi connectivity index (χ0v) is 18.8. The summed E-state index contributed by atoms with van der Waals surface area (Å²) in [6.07, 6.45) is 1.57. The molecule has 1 aromatic carbocycles. The average molecular weight is 466 g/mol. The fourth-order valence-electron chi connectivity index (χ4n) is 3.35. The summed E-state index contributed by atoms with van der Waals surface area (Å²) >= 11 is 1.18. The van der Waals surface area contributed by atoms with Crippen molar-refractivity contribution in [3.05, 3.63) is 76.6 Å². The highest BCUT2D eigenvalue weighted by molar-refractivity contribution is 7.99. The van der Waals surface area contributed by atoms with Gasteiger partial charge in [0.25, 0.3) is 0 Å². The van der Waals surface area contributed by atoms with E-state index in [0.29, 0.717) is 35.4 Å². The zero-order valence-electron chi connectivity index (χ0n) is 17.9. The second-order valence-corrected chi connectivity index (χ2v) is 8.24. The van der Waals surface area contributed by atoms with E-state index >= 15 is 0 Å². The summed E-state index contributed by atoms with van der Waals surface area (Å²) in [6, 6.07) is 11.9. The van der Waals surface area contributed by atoms with Crippen LogP contribution in [0.25, 0.3) is 0 Å². The van der Waals surface area contributed by atoms with Gasteiger partial charge in [0.05, 0.1) is 17.6 Å². The second-order valence-electron chi connectivity index (χ2n) is 7.29. The predicted octanol–water partition coefficient (Wildman–Crippen LogP) is 3.52. The number of nitrogens with one attached hydrogen (secondary N) is 1. The van der Waals surface area contributed by atoms with Gasteiger partial charge in [0.1, 0.15) is 30.0 Å². The van der Waals surface area contributed by atoms with Gasteiger partial charge in [-0.1, -0.05) is 23.9 Å². The number of hydrogen-bond donors (Lipinski definition) is 1. The number of thioether (sulfide) groups is 1. The van der Waals surface area contributed by atoms with Gasteiger partial charge in [-0.15, -0.1) is 5.10 Å². The Morgan fingerprint density at radius 2 is 2.03 bits per heavy atom. The number of halogens is 1. The van der Waals surface area contributed by atoms with Crippen LogP contribution in [-0.2, 0) is 17.9 Å². The Balaban J connectivity index is 1.49. The first-order valence-electron chi connectivity index (χ1n) is 10.0. The molecule has 1 amide bonds. The molecule has 0 unspecified atom stereocenters. The molecule has 3 aromatic heterocycles. The van der Waals surface area contributed by atoms with Crippen molar-refractivity contribution in [2.24, 2.45) is 0 Å². The number of aromatic nitrogens is 5. The first-order valence-corrected chi connectivity index (χ1v) is 11.0. The van der Waals surface area contributed by atoms with Gasteiger partial charge in [-0.2, -0.15) is 5.26 Å². The van der Waals surface area contributed by atoms with E-state index in [-0.39, 0.29) is 17.5 Å². The summed E-state index contributed by atoms with van der Waals surface area (Å²) in [5, 5.41) is 24.6. The van der Waals surface area contributed by atoms with Crippen LogP contribution in [0.2, 0.25) is 0 Å². The van der Waals surface area contributed by atoms with Crippen molar-refractivity contribution in [2.75, 3.05) is 11.1 Å². The lowest BCUT2D eigenvalue weighted by molar-refractivity contribution is -0.113. The molecule has 0 fully saturated rings. The molecule has 33 heavy (non-hydrogen) atoms. The minimum Gasteiger partial charge on any atom is -0.467 e. The number of rotatable bonds is 8. The Morgan fingerprint density at radius 1 is 1.24 bits per heavy atom. The van der Waals surface area contributed by atoms with Crippen molar-refractivity contribution >= 4 is 23.5 Å². The highest BCUT2D eigenvalue weighted by Crippen LogP contribution is 2.28. The van der Waals surface area contributed by atoms with E-state index in [1.807, 2.05) is 24.5 Å². The number of furan rings is 1. The van der Waals surface area contributed by atoms with Crippen LogP contribution >= 0.6 is 11.8 Å². The normalized spacial score (nSPS) is 10.8. The minimum absolute atomic E-state index is 0.0449. The van der Waals surface area contributed by atoms with Crippen LogP contribution in [0.4, 0.5) is 10.2 Å². The molecule has 0 atom stereocenters. The Kier molecular flexibility index (Phi) is 6.55. The average Bonchev–Trinajstić information content (AvgIpc) is 3.53. The molecular weight excluding hydrogens is 445 g/mol. The summed E-state index contributed by atoms with van der Waals surface area (Å²) in [7, 11) is 0. The maximum absolute atomic E-state index is 13.3. The molecule has 4 aromatic rings. The van der Waals surface area contributed by atoms with Crippen molar-refractivity contribution in [3.8, 4) is 6.07 Å². The molecule has 11 heteroatoms. The van der Waals surface area contributed by atoms with E-state index in [9.17, 15) is 14.4 Å². The van der Waals surface area contributed by atoms with Crippen LogP contribution in [0.5, 0.6) is 0 Å². The van der Waals surface area contributed by atoms with Crippen LogP contribution in [0.1, 0.15) is 28.1 Å². The quantitative estimate of drug-likeness (QED) is 0.396. The van der Waals surface area contributed by atoms with Crippen molar-refractivity contribution < 1.29 is 13.6 Å². The van der Waals surface area contributed by atoms with Gasteiger partial charge >= 0.3 is 0 Å². The van der Waals surface area contributed by atoms with E-state index in [1.165, 1.54) is 23.9 Å². The van der Waals surface area contributed by atoms with Crippen molar-refractivity contribution in [1.82, 2.24) is 24.8 Å². The lowest BCUT2D eigenvalue weighted by Crippen LogP contribution is -2.19. The van der Waals surface area contributed by atoms with Gasteiger partial charge in [0.2, 0.25) is 11.1 Å². The number of nitriles is 1. The van der Waals surface area contributed by atoms with Gasteiger partial charge < -0.3 is 14.3 Å². The van der Waals surface area contributed by atoms with E-state index in [1.54, 1.807) is 29.1 Å². The van der Waals surface area contributed by atoms with Crippen LogP contribution in [-0.4, -0.2) is 36.4 Å². The molecule has 0 aliphatic carbocycles. The number of amides is 1. The SMILES string of the molecule is Cc1c(C#N)c(NC(=O)CSc2nnnn2Cc2ccco2)n(Cc2ccc(F)cc2)c1C. The lowest BCUT2D eigenvalue weighted by Gasteiger charge is -2.13. The predicted molar refractivity (Wildman–Crippen MR) is 119 cm³/mol. The van der Waals surface area contributed by atoms with E-state index in [0.717, 1.165) is 16.8 Å². The summed E-state index contributed by atoms with van der Waals surface area (Å²) in [4.78, 5) is 12.8. The van der Waals surface area contributed by atoms with Gasteiger partial charge in [0, 0.05) is 12.2 Å². The van der Waals surface area contributed by atoms with Gasteiger partial charge in [0.15, 0.2) is 0 Å².